The molecule has 2 aliphatic rings. The van der Waals surface area contributed by atoms with Gasteiger partial charge in [0.05, 0.1) is 17.5 Å². The van der Waals surface area contributed by atoms with Gasteiger partial charge in [-0.3, -0.25) is 24.1 Å². The summed E-state index contributed by atoms with van der Waals surface area (Å²) in [6.07, 6.45) is -3.47. The maximum atomic E-state index is 12.6. The normalized spacial score (nSPS) is 20.1. The standard InChI is InChI=1S/C16H11Cl3N2O8/c17-16(18,19)6-28-15(27)21-10(22)5-9(29-21)11(14(25)26)20-12(23)7-3-1-2-4-8(7)13(20)24/h1-4,9,11H,5-6H2,(H,25,26). The number of carbonyl (C=O) groups is 5. The van der Waals surface area contributed by atoms with Crippen molar-refractivity contribution in [1.29, 1.82) is 0 Å². The predicted octanol–water partition coefficient (Wildman–Crippen LogP) is 1.78. The van der Waals surface area contributed by atoms with Crippen molar-refractivity contribution in [1.82, 2.24) is 9.96 Å². The zero-order chi connectivity index (χ0) is 21.5. The van der Waals surface area contributed by atoms with Crippen molar-refractivity contribution in [3.05, 3.63) is 35.4 Å². The molecule has 2 unspecified atom stereocenters. The van der Waals surface area contributed by atoms with E-state index in [-0.39, 0.29) is 16.2 Å². The molecule has 0 radical (unpaired) electrons. The Morgan fingerprint density at radius 3 is 2.21 bits per heavy atom. The molecule has 1 aromatic rings. The molecule has 0 spiro atoms. The zero-order valence-electron chi connectivity index (χ0n) is 14.2. The van der Waals surface area contributed by atoms with Crippen molar-refractivity contribution in [2.24, 2.45) is 0 Å². The maximum Gasteiger partial charge on any atom is 0.441 e. The Kier molecular flexibility index (Phi) is 5.72. The smallest absolute Gasteiger partial charge is 0.441 e. The monoisotopic (exact) mass is 464 g/mol. The minimum Gasteiger partial charge on any atom is -0.480 e. The number of rotatable bonds is 4. The highest BCUT2D eigenvalue weighted by molar-refractivity contribution is 6.67. The van der Waals surface area contributed by atoms with Gasteiger partial charge in [0.2, 0.25) is 3.79 Å². The number of carboxylic acids is 1. The van der Waals surface area contributed by atoms with Crippen molar-refractivity contribution >= 4 is 64.6 Å². The van der Waals surface area contributed by atoms with Gasteiger partial charge in [0.1, 0.15) is 12.7 Å². The van der Waals surface area contributed by atoms with E-state index in [0.717, 1.165) is 0 Å². The Morgan fingerprint density at radius 2 is 1.72 bits per heavy atom. The number of imide groups is 2. The Labute approximate surface area is 177 Å². The number of amides is 4. The van der Waals surface area contributed by atoms with Crippen molar-refractivity contribution in [2.75, 3.05) is 6.61 Å². The quantitative estimate of drug-likeness (QED) is 0.526. The van der Waals surface area contributed by atoms with Gasteiger partial charge in [-0.05, 0) is 12.1 Å². The Balaban J connectivity index is 1.80. The molecule has 2 heterocycles. The molecule has 154 valence electrons. The number of hydrogen-bond donors (Lipinski definition) is 1. The highest BCUT2D eigenvalue weighted by Gasteiger charge is 2.51. The third-order valence-corrected chi connectivity index (χ3v) is 4.40. The highest BCUT2D eigenvalue weighted by atomic mass is 35.6. The van der Waals surface area contributed by atoms with Crippen LogP contribution >= 0.6 is 34.8 Å². The number of aliphatic carboxylic acids is 1. The molecule has 13 heteroatoms. The molecule has 0 saturated carbocycles. The predicted molar refractivity (Wildman–Crippen MR) is 96.3 cm³/mol. The third kappa shape index (κ3) is 4.15. The second-order valence-corrected chi connectivity index (χ2v) is 8.53. The fourth-order valence-electron chi connectivity index (χ4n) is 2.90. The number of hydroxylamine groups is 2. The molecule has 0 aliphatic carbocycles. The fraction of sp³-hybridized carbons (Fsp3) is 0.312. The lowest BCUT2D eigenvalue weighted by molar-refractivity contribution is -0.172. The van der Waals surface area contributed by atoms with E-state index in [1.807, 2.05) is 0 Å². The molecule has 29 heavy (non-hydrogen) atoms. The van der Waals surface area contributed by atoms with Crippen LogP contribution in [-0.4, -0.2) is 67.4 Å². The van der Waals surface area contributed by atoms with E-state index in [1.54, 1.807) is 0 Å². The minimum atomic E-state index is -1.94. The fourth-order valence-corrected chi connectivity index (χ4v) is 3.06. The lowest BCUT2D eigenvalue weighted by Crippen LogP contribution is -2.52. The van der Waals surface area contributed by atoms with Gasteiger partial charge in [-0.15, -0.1) is 5.06 Å². The van der Waals surface area contributed by atoms with Crippen molar-refractivity contribution in [3.63, 3.8) is 0 Å². The number of fused-ring (bicyclic) bond motifs is 1. The van der Waals surface area contributed by atoms with Crippen LogP contribution in [0.4, 0.5) is 4.79 Å². The molecule has 1 saturated heterocycles. The van der Waals surface area contributed by atoms with Crippen LogP contribution in [0.3, 0.4) is 0 Å². The summed E-state index contributed by atoms with van der Waals surface area (Å²) in [6, 6.07) is 3.91. The van der Waals surface area contributed by atoms with Crippen LogP contribution in [0.25, 0.3) is 0 Å². The first kappa shape index (κ1) is 21.3. The van der Waals surface area contributed by atoms with E-state index in [1.165, 1.54) is 24.3 Å². The lowest BCUT2D eigenvalue weighted by atomic mass is 10.1. The highest BCUT2D eigenvalue weighted by Crippen LogP contribution is 2.31. The van der Waals surface area contributed by atoms with E-state index in [9.17, 15) is 29.1 Å². The molecule has 1 fully saturated rings. The number of ether oxygens (including phenoxy) is 1. The second kappa shape index (κ2) is 7.79. The number of halogens is 3. The summed E-state index contributed by atoms with van der Waals surface area (Å²) in [4.78, 5) is 66.6. The molecule has 2 atom stereocenters. The number of carboxylic acid groups (broad SMARTS) is 1. The molecule has 1 aromatic carbocycles. The van der Waals surface area contributed by atoms with Gasteiger partial charge in [0.25, 0.3) is 17.7 Å². The minimum absolute atomic E-state index is 0.0204. The lowest BCUT2D eigenvalue weighted by Gasteiger charge is -2.26. The molecule has 0 aromatic heterocycles. The number of alkyl halides is 3. The van der Waals surface area contributed by atoms with E-state index in [2.05, 4.69) is 4.74 Å². The molecule has 4 amide bonds. The topological polar surface area (TPSA) is 131 Å². The van der Waals surface area contributed by atoms with Gasteiger partial charge in [0.15, 0.2) is 6.04 Å². The van der Waals surface area contributed by atoms with Crippen molar-refractivity contribution < 1.29 is 38.7 Å². The van der Waals surface area contributed by atoms with Gasteiger partial charge in [0, 0.05) is 0 Å². The summed E-state index contributed by atoms with van der Waals surface area (Å²) in [5.74, 6) is -4.27. The summed E-state index contributed by atoms with van der Waals surface area (Å²) in [6.45, 7) is -0.699. The van der Waals surface area contributed by atoms with E-state index in [4.69, 9.17) is 39.6 Å². The van der Waals surface area contributed by atoms with Crippen LogP contribution in [0.2, 0.25) is 0 Å². The number of nitrogens with zero attached hydrogens (tertiary/aromatic N) is 2. The Bertz CT molecular complexity index is 881. The number of carbonyl (C=O) groups excluding carboxylic acids is 4. The van der Waals surface area contributed by atoms with E-state index < -0.39 is 58.8 Å². The molecule has 0 bridgehead atoms. The molecule has 3 rings (SSSR count). The maximum absolute atomic E-state index is 12.6. The first-order chi connectivity index (χ1) is 13.5. The average molecular weight is 466 g/mol. The molecular weight excluding hydrogens is 455 g/mol. The van der Waals surface area contributed by atoms with Crippen LogP contribution < -0.4 is 0 Å². The van der Waals surface area contributed by atoms with Crippen molar-refractivity contribution in [2.45, 2.75) is 22.4 Å². The SMILES string of the molecule is O=C(O)C(C1CC(=O)N(C(=O)OCC(Cl)(Cl)Cl)O1)N1C(=O)c2ccccc2C1=O. The van der Waals surface area contributed by atoms with Gasteiger partial charge < -0.3 is 9.84 Å². The Hall–Kier alpha value is -2.40. The summed E-state index contributed by atoms with van der Waals surface area (Å²) >= 11 is 16.4. The number of benzene rings is 1. The van der Waals surface area contributed by atoms with Gasteiger partial charge in [-0.25, -0.2) is 9.59 Å². The van der Waals surface area contributed by atoms with Gasteiger partial charge in [-0.1, -0.05) is 46.9 Å². The van der Waals surface area contributed by atoms with Crippen LogP contribution in [0.1, 0.15) is 27.1 Å². The summed E-state index contributed by atoms with van der Waals surface area (Å²) in [5.41, 5.74) is 0.0408. The first-order valence-corrected chi connectivity index (χ1v) is 9.07. The third-order valence-electron chi connectivity index (χ3n) is 4.08. The van der Waals surface area contributed by atoms with Crippen LogP contribution in [0.5, 0.6) is 0 Å². The largest absolute Gasteiger partial charge is 0.480 e. The average Bonchev–Trinajstić information content (AvgIpc) is 3.13. The van der Waals surface area contributed by atoms with Crippen molar-refractivity contribution in [3.8, 4) is 0 Å². The molecule has 2 aliphatic heterocycles. The summed E-state index contributed by atoms with van der Waals surface area (Å²) in [7, 11) is 0. The summed E-state index contributed by atoms with van der Waals surface area (Å²) in [5, 5.41) is 9.77. The summed E-state index contributed by atoms with van der Waals surface area (Å²) < 4.78 is 2.68. The second-order valence-electron chi connectivity index (χ2n) is 6.01. The van der Waals surface area contributed by atoms with E-state index >= 15 is 0 Å². The Morgan fingerprint density at radius 1 is 1.17 bits per heavy atom. The van der Waals surface area contributed by atoms with Gasteiger partial charge >= 0.3 is 12.1 Å². The molecular formula is C16H11Cl3N2O8. The van der Waals surface area contributed by atoms with E-state index in [0.29, 0.717) is 4.90 Å². The van der Waals surface area contributed by atoms with Crippen LogP contribution in [0.15, 0.2) is 24.3 Å². The van der Waals surface area contributed by atoms with Gasteiger partial charge in [-0.2, -0.15) is 0 Å². The molecule has 1 N–H and O–H groups in total. The van der Waals surface area contributed by atoms with Crippen LogP contribution in [-0.2, 0) is 19.2 Å². The zero-order valence-corrected chi connectivity index (χ0v) is 16.5. The first-order valence-electron chi connectivity index (χ1n) is 7.94. The van der Waals surface area contributed by atoms with Crippen LogP contribution in [0, 0.1) is 0 Å². The molecule has 10 nitrogen and oxygen atoms in total. The number of hydrogen-bond acceptors (Lipinski definition) is 7.